The quantitative estimate of drug-likeness (QED) is 0.801. The van der Waals surface area contributed by atoms with Crippen molar-refractivity contribution < 1.29 is 8.42 Å². The van der Waals surface area contributed by atoms with E-state index in [0.717, 1.165) is 12.2 Å². The van der Waals surface area contributed by atoms with Gasteiger partial charge in [-0.15, -0.1) is 0 Å². The molecular weight excluding hydrogens is 324 g/mol. The van der Waals surface area contributed by atoms with Crippen LogP contribution in [0.3, 0.4) is 0 Å². The zero-order valence-electron chi connectivity index (χ0n) is 12.0. The molecule has 0 saturated carbocycles. The van der Waals surface area contributed by atoms with E-state index in [9.17, 15) is 8.42 Å². The lowest BCUT2D eigenvalue weighted by atomic mass is 10.1. The van der Waals surface area contributed by atoms with Gasteiger partial charge in [-0.05, 0) is 37.1 Å². The minimum Gasteiger partial charge on any atom is -0.389 e. The van der Waals surface area contributed by atoms with E-state index in [4.69, 9.17) is 18.0 Å². The van der Waals surface area contributed by atoms with Gasteiger partial charge in [0.2, 0.25) is 10.0 Å². The van der Waals surface area contributed by atoms with Crippen LogP contribution in [0.15, 0.2) is 23.1 Å². The molecule has 21 heavy (non-hydrogen) atoms. The average Bonchev–Trinajstić information content (AvgIpc) is 2.46. The number of rotatable bonds is 5. The maximum Gasteiger partial charge on any atom is 0.240 e. The molecule has 1 heterocycles. The van der Waals surface area contributed by atoms with Gasteiger partial charge < -0.3 is 5.73 Å². The molecular formula is C14H20N2O2S3. The second kappa shape index (κ2) is 7.09. The lowest BCUT2D eigenvalue weighted by Crippen LogP contribution is -2.32. The Morgan fingerprint density at radius 3 is 2.86 bits per heavy atom. The number of thioether (sulfide) groups is 1. The molecule has 1 aliphatic rings. The second-order valence-electron chi connectivity index (χ2n) is 5.19. The van der Waals surface area contributed by atoms with Gasteiger partial charge in [-0.1, -0.05) is 30.8 Å². The summed E-state index contributed by atoms with van der Waals surface area (Å²) >= 11 is 6.76. The van der Waals surface area contributed by atoms with Crippen LogP contribution >= 0.6 is 24.0 Å². The summed E-state index contributed by atoms with van der Waals surface area (Å²) in [5.41, 5.74) is 6.85. The summed E-state index contributed by atoms with van der Waals surface area (Å²) in [5, 5.41) is 0.368. The highest BCUT2D eigenvalue weighted by atomic mass is 32.2. The van der Waals surface area contributed by atoms with Crippen molar-refractivity contribution in [2.45, 2.75) is 36.3 Å². The second-order valence-corrected chi connectivity index (χ2v) is 8.77. The minimum absolute atomic E-state index is 0.203. The van der Waals surface area contributed by atoms with Gasteiger partial charge in [0.15, 0.2) is 0 Å². The van der Waals surface area contributed by atoms with E-state index in [1.807, 2.05) is 11.8 Å². The molecule has 1 aliphatic heterocycles. The number of benzene rings is 1. The molecule has 0 radical (unpaired) electrons. The van der Waals surface area contributed by atoms with Crippen LogP contribution in [0, 0.1) is 6.92 Å². The topological polar surface area (TPSA) is 72.2 Å². The normalized spacial score (nSPS) is 19.4. The molecule has 3 N–H and O–H groups in total. The molecule has 7 heteroatoms. The van der Waals surface area contributed by atoms with Crippen molar-refractivity contribution in [1.29, 1.82) is 0 Å². The van der Waals surface area contributed by atoms with E-state index in [1.165, 1.54) is 12.8 Å². The summed E-state index contributed by atoms with van der Waals surface area (Å²) < 4.78 is 27.7. The van der Waals surface area contributed by atoms with Gasteiger partial charge in [0, 0.05) is 17.4 Å². The van der Waals surface area contributed by atoms with E-state index < -0.39 is 10.0 Å². The van der Waals surface area contributed by atoms with Gasteiger partial charge in [-0.25, -0.2) is 13.1 Å². The lowest BCUT2D eigenvalue weighted by molar-refractivity contribution is 0.573. The number of thiocarbonyl (C=S) groups is 1. The number of aryl methyl sites for hydroxylation is 1. The molecule has 1 unspecified atom stereocenters. The lowest BCUT2D eigenvalue weighted by Gasteiger charge is -2.21. The summed E-state index contributed by atoms with van der Waals surface area (Å²) in [5.74, 6) is 1.11. The average molecular weight is 345 g/mol. The van der Waals surface area contributed by atoms with Crippen LogP contribution in [-0.2, 0) is 10.0 Å². The summed E-state index contributed by atoms with van der Waals surface area (Å²) in [7, 11) is -3.52. The van der Waals surface area contributed by atoms with Gasteiger partial charge in [0.05, 0.1) is 4.90 Å². The van der Waals surface area contributed by atoms with Gasteiger partial charge in [0.1, 0.15) is 4.99 Å². The van der Waals surface area contributed by atoms with Gasteiger partial charge in [-0.3, -0.25) is 0 Å². The Hall–Kier alpha value is -0.630. The third-order valence-corrected chi connectivity index (χ3v) is 6.74. The monoisotopic (exact) mass is 344 g/mol. The fourth-order valence-electron chi connectivity index (χ4n) is 2.29. The molecule has 1 saturated heterocycles. The fourth-order valence-corrected chi connectivity index (χ4v) is 5.11. The number of sulfonamides is 1. The van der Waals surface area contributed by atoms with Crippen LogP contribution in [0.5, 0.6) is 0 Å². The molecule has 0 aliphatic carbocycles. The summed E-state index contributed by atoms with van der Waals surface area (Å²) in [4.78, 5) is 0.461. The van der Waals surface area contributed by atoms with Gasteiger partial charge in [0.25, 0.3) is 0 Å². The Morgan fingerprint density at radius 2 is 2.24 bits per heavy atom. The summed E-state index contributed by atoms with van der Waals surface area (Å²) in [6, 6.07) is 5.03. The Balaban J connectivity index is 2.14. The van der Waals surface area contributed by atoms with E-state index in [0.29, 0.717) is 22.9 Å². The van der Waals surface area contributed by atoms with Crippen LogP contribution in [0.25, 0.3) is 0 Å². The predicted molar refractivity (Wildman–Crippen MR) is 92.4 cm³/mol. The maximum atomic E-state index is 12.5. The zero-order valence-corrected chi connectivity index (χ0v) is 14.4. The number of nitrogens with one attached hydrogen (secondary N) is 1. The smallest absolute Gasteiger partial charge is 0.240 e. The van der Waals surface area contributed by atoms with Crippen molar-refractivity contribution in [3.8, 4) is 0 Å². The molecule has 0 aromatic heterocycles. The van der Waals surface area contributed by atoms with Crippen molar-refractivity contribution in [3.05, 3.63) is 29.3 Å². The van der Waals surface area contributed by atoms with E-state index in [2.05, 4.69) is 4.72 Å². The van der Waals surface area contributed by atoms with Crippen LogP contribution in [0.1, 0.15) is 30.4 Å². The minimum atomic E-state index is -3.52. The predicted octanol–water partition coefficient (Wildman–Crippen LogP) is 2.19. The maximum absolute atomic E-state index is 12.5. The Kier molecular flexibility index (Phi) is 5.65. The third-order valence-electron chi connectivity index (χ3n) is 3.54. The first-order chi connectivity index (χ1) is 9.90. The summed E-state index contributed by atoms with van der Waals surface area (Å²) in [6.45, 7) is 2.25. The number of hydrogen-bond donors (Lipinski definition) is 2. The van der Waals surface area contributed by atoms with E-state index in [1.54, 1.807) is 25.1 Å². The molecule has 1 atom stereocenters. The van der Waals surface area contributed by atoms with Crippen molar-refractivity contribution in [1.82, 2.24) is 4.72 Å². The third kappa shape index (κ3) is 4.42. The van der Waals surface area contributed by atoms with Crippen molar-refractivity contribution >= 4 is 39.0 Å². The molecule has 116 valence electrons. The molecule has 0 amide bonds. The van der Waals surface area contributed by atoms with Gasteiger partial charge >= 0.3 is 0 Å². The summed E-state index contributed by atoms with van der Waals surface area (Å²) in [6.07, 6.45) is 3.47. The SMILES string of the molecule is Cc1ccc(C(N)=S)cc1S(=O)(=O)NCC1CCCCS1. The highest BCUT2D eigenvalue weighted by Crippen LogP contribution is 2.25. The Bertz CT molecular complexity index is 623. The Morgan fingerprint density at radius 1 is 1.48 bits per heavy atom. The van der Waals surface area contributed by atoms with Crippen LogP contribution in [0.2, 0.25) is 0 Å². The van der Waals surface area contributed by atoms with Crippen LogP contribution in [0.4, 0.5) is 0 Å². The number of hydrogen-bond acceptors (Lipinski definition) is 4. The van der Waals surface area contributed by atoms with Crippen molar-refractivity contribution in [2.75, 3.05) is 12.3 Å². The zero-order chi connectivity index (χ0) is 15.5. The molecule has 2 rings (SSSR count). The highest BCUT2D eigenvalue weighted by molar-refractivity contribution is 8.00. The van der Waals surface area contributed by atoms with E-state index in [-0.39, 0.29) is 9.88 Å². The molecule has 1 fully saturated rings. The largest absolute Gasteiger partial charge is 0.389 e. The number of nitrogens with two attached hydrogens (primary N) is 1. The highest BCUT2D eigenvalue weighted by Gasteiger charge is 2.21. The van der Waals surface area contributed by atoms with Crippen LogP contribution < -0.4 is 10.5 Å². The standard InChI is InChI=1S/C14H20N2O2S3/c1-10-5-6-11(14(15)19)8-13(10)21(17,18)16-9-12-4-2-3-7-20-12/h5-6,8,12,16H,2-4,7,9H2,1H3,(H2,15,19). The van der Waals surface area contributed by atoms with Gasteiger partial charge in [-0.2, -0.15) is 11.8 Å². The van der Waals surface area contributed by atoms with Crippen molar-refractivity contribution in [2.24, 2.45) is 5.73 Å². The molecule has 0 bridgehead atoms. The molecule has 4 nitrogen and oxygen atoms in total. The first kappa shape index (κ1) is 16.7. The molecule has 0 spiro atoms. The van der Waals surface area contributed by atoms with Crippen LogP contribution in [-0.4, -0.2) is 31.0 Å². The van der Waals surface area contributed by atoms with E-state index >= 15 is 0 Å². The fraction of sp³-hybridized carbons (Fsp3) is 0.500. The molecule has 1 aromatic carbocycles. The molecule has 1 aromatic rings. The Labute approximate surface area is 135 Å². The first-order valence-corrected chi connectivity index (χ1v) is 9.86. The van der Waals surface area contributed by atoms with Crippen molar-refractivity contribution in [3.63, 3.8) is 0 Å². The first-order valence-electron chi connectivity index (χ1n) is 6.92.